The van der Waals surface area contributed by atoms with Crippen LogP contribution in [-0.2, 0) is 4.74 Å². The van der Waals surface area contributed by atoms with Crippen LogP contribution < -0.4 is 9.64 Å². The predicted molar refractivity (Wildman–Crippen MR) is 111 cm³/mol. The zero-order chi connectivity index (χ0) is 21.5. The van der Waals surface area contributed by atoms with E-state index in [-0.39, 0.29) is 16.5 Å². The average molecular weight is 435 g/mol. The molecule has 2 aromatic rings. The van der Waals surface area contributed by atoms with Crippen LogP contribution in [0.1, 0.15) is 27.2 Å². The molecule has 2 saturated heterocycles. The Labute approximate surface area is 179 Å². The summed E-state index contributed by atoms with van der Waals surface area (Å²) in [5.41, 5.74) is -0.483. The number of rotatable bonds is 3. The molecule has 160 valence electrons. The Morgan fingerprint density at radius 1 is 1.23 bits per heavy atom. The highest BCUT2D eigenvalue weighted by atomic mass is 35.5. The number of ether oxygens (including phenoxy) is 2. The number of aromatic nitrogens is 2. The molecule has 7 nitrogen and oxygen atoms in total. The summed E-state index contributed by atoms with van der Waals surface area (Å²) < 4.78 is 24.7. The Hall–Kier alpha value is -2.61. The molecule has 0 N–H and O–H groups in total. The maximum atomic E-state index is 13.3. The molecule has 4 rings (SSSR count). The second-order valence-electron chi connectivity index (χ2n) is 8.90. The third kappa shape index (κ3) is 4.28. The molecule has 0 radical (unpaired) electrons. The molecule has 2 fully saturated rings. The van der Waals surface area contributed by atoms with Crippen molar-refractivity contribution in [2.45, 2.75) is 32.8 Å². The van der Waals surface area contributed by atoms with E-state index in [2.05, 4.69) is 14.9 Å². The van der Waals surface area contributed by atoms with Crippen LogP contribution in [-0.4, -0.2) is 52.7 Å². The number of hydrogen-bond donors (Lipinski definition) is 0. The van der Waals surface area contributed by atoms with Gasteiger partial charge in [-0.3, -0.25) is 0 Å². The molecule has 30 heavy (non-hydrogen) atoms. The molecule has 2 aliphatic heterocycles. The molecular formula is C21H24ClFN4O3. The third-order valence-electron chi connectivity index (χ3n) is 5.21. The Kier molecular flexibility index (Phi) is 5.22. The number of amides is 1. The number of hydrogen-bond acceptors (Lipinski definition) is 6. The third-order valence-corrected chi connectivity index (χ3v) is 5.51. The number of halogens is 2. The van der Waals surface area contributed by atoms with E-state index in [9.17, 15) is 9.18 Å². The fourth-order valence-corrected chi connectivity index (χ4v) is 4.10. The summed E-state index contributed by atoms with van der Waals surface area (Å²) in [5.74, 6) is 1.00. The van der Waals surface area contributed by atoms with Gasteiger partial charge in [-0.05, 0) is 45.4 Å². The van der Waals surface area contributed by atoms with Crippen LogP contribution >= 0.6 is 11.6 Å². The fourth-order valence-electron chi connectivity index (χ4n) is 3.89. The summed E-state index contributed by atoms with van der Waals surface area (Å²) >= 11 is 6.09. The summed E-state index contributed by atoms with van der Waals surface area (Å²) in [6.45, 7) is 8.43. The number of nitrogens with zero attached hydrogens (tertiary/aromatic N) is 4. The van der Waals surface area contributed by atoms with E-state index in [1.54, 1.807) is 11.1 Å². The van der Waals surface area contributed by atoms with Gasteiger partial charge in [-0.1, -0.05) is 11.6 Å². The standard InChI is InChI=1S/C21H24ClFN4O3/c1-20(2,3)30-19(28)27-11-21(12-27)6-7-26(10-21)18-17(9-24-13-25-18)29-16-5-4-14(23)8-15(16)22/h4-5,8-9,13H,6-7,10-12H2,1-3H3. The monoisotopic (exact) mass is 434 g/mol. The minimum atomic E-state index is -0.504. The van der Waals surface area contributed by atoms with Crippen LogP contribution in [0.25, 0.3) is 0 Å². The zero-order valence-corrected chi connectivity index (χ0v) is 17.9. The van der Waals surface area contributed by atoms with Gasteiger partial charge in [0.1, 0.15) is 23.5 Å². The Bertz CT molecular complexity index is 960. The zero-order valence-electron chi connectivity index (χ0n) is 17.2. The van der Waals surface area contributed by atoms with E-state index in [4.69, 9.17) is 21.1 Å². The van der Waals surface area contributed by atoms with E-state index in [0.29, 0.717) is 30.4 Å². The molecule has 1 spiro atoms. The van der Waals surface area contributed by atoms with Gasteiger partial charge in [0.25, 0.3) is 0 Å². The lowest BCUT2D eigenvalue weighted by atomic mass is 9.79. The summed E-state index contributed by atoms with van der Waals surface area (Å²) in [6.07, 6.45) is 3.70. The van der Waals surface area contributed by atoms with Crippen molar-refractivity contribution in [3.63, 3.8) is 0 Å². The quantitative estimate of drug-likeness (QED) is 0.708. The van der Waals surface area contributed by atoms with Crippen LogP contribution in [0.2, 0.25) is 5.02 Å². The summed E-state index contributed by atoms with van der Waals surface area (Å²) in [4.78, 5) is 24.6. The van der Waals surface area contributed by atoms with Gasteiger partial charge in [0.15, 0.2) is 11.6 Å². The highest BCUT2D eigenvalue weighted by Crippen LogP contribution is 2.43. The van der Waals surface area contributed by atoms with Gasteiger partial charge in [-0.15, -0.1) is 0 Å². The minimum absolute atomic E-state index is 0.0205. The van der Waals surface area contributed by atoms with Crippen molar-refractivity contribution in [2.75, 3.05) is 31.1 Å². The molecular weight excluding hydrogens is 411 g/mol. The first-order chi connectivity index (χ1) is 14.1. The number of anilines is 1. The van der Waals surface area contributed by atoms with Crippen LogP contribution in [0.5, 0.6) is 11.5 Å². The van der Waals surface area contributed by atoms with Crippen LogP contribution in [0, 0.1) is 11.2 Å². The highest BCUT2D eigenvalue weighted by Gasteiger charge is 2.50. The van der Waals surface area contributed by atoms with E-state index in [1.165, 1.54) is 24.5 Å². The maximum absolute atomic E-state index is 13.3. The molecule has 0 saturated carbocycles. The smallest absolute Gasteiger partial charge is 0.410 e. The maximum Gasteiger partial charge on any atom is 0.410 e. The first-order valence-corrected chi connectivity index (χ1v) is 10.2. The van der Waals surface area contributed by atoms with Crippen molar-refractivity contribution in [3.8, 4) is 11.5 Å². The summed E-state index contributed by atoms with van der Waals surface area (Å²) in [5, 5.41) is 0.176. The van der Waals surface area contributed by atoms with E-state index in [0.717, 1.165) is 19.5 Å². The topological polar surface area (TPSA) is 67.8 Å². The normalized spacial score (nSPS) is 17.8. The van der Waals surface area contributed by atoms with Crippen LogP contribution in [0.3, 0.4) is 0 Å². The van der Waals surface area contributed by atoms with Crippen molar-refractivity contribution in [2.24, 2.45) is 5.41 Å². The van der Waals surface area contributed by atoms with E-state index >= 15 is 0 Å². The molecule has 1 aromatic heterocycles. The van der Waals surface area contributed by atoms with Crippen LogP contribution in [0.15, 0.2) is 30.7 Å². The SMILES string of the molecule is CC(C)(C)OC(=O)N1CC2(CCN(c3ncncc3Oc3ccc(F)cc3Cl)C2)C1. The molecule has 0 aliphatic carbocycles. The van der Waals surface area contributed by atoms with Gasteiger partial charge in [0, 0.05) is 31.6 Å². The van der Waals surface area contributed by atoms with Gasteiger partial charge in [-0.25, -0.2) is 19.2 Å². The molecule has 0 bridgehead atoms. The average Bonchev–Trinajstić information content (AvgIpc) is 3.07. The highest BCUT2D eigenvalue weighted by molar-refractivity contribution is 6.32. The lowest BCUT2D eigenvalue weighted by Gasteiger charge is -2.47. The molecule has 1 aromatic carbocycles. The molecule has 0 unspecified atom stereocenters. The summed E-state index contributed by atoms with van der Waals surface area (Å²) in [7, 11) is 0. The fraction of sp³-hybridized carbons (Fsp3) is 0.476. The number of benzene rings is 1. The molecule has 9 heteroatoms. The minimum Gasteiger partial charge on any atom is -0.450 e. The summed E-state index contributed by atoms with van der Waals surface area (Å²) in [6, 6.07) is 3.96. The second-order valence-corrected chi connectivity index (χ2v) is 9.30. The van der Waals surface area contributed by atoms with Gasteiger partial charge in [-0.2, -0.15) is 0 Å². The predicted octanol–water partition coefficient (Wildman–Crippen LogP) is 4.51. The van der Waals surface area contributed by atoms with Gasteiger partial charge < -0.3 is 19.3 Å². The number of carbonyl (C=O) groups excluding carboxylic acids is 1. The first-order valence-electron chi connectivity index (χ1n) is 9.80. The molecule has 3 heterocycles. The van der Waals surface area contributed by atoms with Crippen molar-refractivity contribution in [3.05, 3.63) is 41.6 Å². The van der Waals surface area contributed by atoms with Gasteiger partial charge in [0.2, 0.25) is 0 Å². The van der Waals surface area contributed by atoms with Crippen molar-refractivity contribution in [1.82, 2.24) is 14.9 Å². The molecule has 2 aliphatic rings. The van der Waals surface area contributed by atoms with E-state index in [1.807, 2.05) is 20.8 Å². The lowest BCUT2D eigenvalue weighted by Crippen LogP contribution is -2.60. The van der Waals surface area contributed by atoms with Gasteiger partial charge >= 0.3 is 6.09 Å². The van der Waals surface area contributed by atoms with E-state index < -0.39 is 11.4 Å². The molecule has 1 amide bonds. The number of carbonyl (C=O) groups is 1. The molecule has 0 atom stereocenters. The number of likely N-dealkylation sites (tertiary alicyclic amines) is 1. The Balaban J connectivity index is 1.44. The first kappa shape index (κ1) is 20.7. The second kappa shape index (κ2) is 7.58. The van der Waals surface area contributed by atoms with Crippen molar-refractivity contribution >= 4 is 23.5 Å². The van der Waals surface area contributed by atoms with Crippen molar-refractivity contribution < 1.29 is 18.7 Å². The van der Waals surface area contributed by atoms with Crippen molar-refractivity contribution in [1.29, 1.82) is 0 Å². The van der Waals surface area contributed by atoms with Crippen LogP contribution in [0.4, 0.5) is 15.0 Å². The largest absolute Gasteiger partial charge is 0.450 e. The Morgan fingerprint density at radius 3 is 2.70 bits per heavy atom. The Morgan fingerprint density at radius 2 is 2.00 bits per heavy atom. The van der Waals surface area contributed by atoms with Gasteiger partial charge in [0.05, 0.1) is 11.2 Å². The lowest BCUT2D eigenvalue weighted by molar-refractivity contribution is -0.0266.